The van der Waals surface area contributed by atoms with E-state index in [1.807, 2.05) is 0 Å². The van der Waals surface area contributed by atoms with Crippen molar-refractivity contribution in [2.75, 3.05) is 13.2 Å². The van der Waals surface area contributed by atoms with Gasteiger partial charge in [0.25, 0.3) is 0 Å². The zero-order valence-electron chi connectivity index (χ0n) is 21.3. The molecule has 1 aliphatic heterocycles. The van der Waals surface area contributed by atoms with Crippen LogP contribution in [0.15, 0.2) is 104 Å². The van der Waals surface area contributed by atoms with E-state index >= 15 is 0 Å². The van der Waals surface area contributed by atoms with Crippen molar-refractivity contribution in [2.24, 2.45) is 0 Å². The SMILES string of the molecule is C=CCCCO[C@H]1O[C@H]([13CH2]OC(=O)c2ccccc2)[C@@H](OC(=O)c2ccccc2)[C@H]1OC(=O)c1ccccc1. The van der Waals surface area contributed by atoms with Crippen molar-refractivity contribution in [1.29, 1.82) is 0 Å². The van der Waals surface area contributed by atoms with E-state index in [9.17, 15) is 14.4 Å². The Labute approximate surface area is 227 Å². The number of ether oxygens (including phenoxy) is 5. The minimum atomic E-state index is -1.12. The second kappa shape index (κ2) is 14.0. The van der Waals surface area contributed by atoms with E-state index in [2.05, 4.69) is 6.58 Å². The summed E-state index contributed by atoms with van der Waals surface area (Å²) in [5.74, 6) is -1.84. The zero-order chi connectivity index (χ0) is 27.5. The molecule has 0 bridgehead atoms. The zero-order valence-corrected chi connectivity index (χ0v) is 21.3. The molecule has 0 N–H and O–H groups in total. The van der Waals surface area contributed by atoms with Crippen LogP contribution >= 0.6 is 0 Å². The lowest BCUT2D eigenvalue weighted by Crippen LogP contribution is -2.42. The van der Waals surface area contributed by atoms with Gasteiger partial charge in [-0.1, -0.05) is 60.7 Å². The van der Waals surface area contributed by atoms with E-state index in [0.717, 1.165) is 0 Å². The first kappa shape index (κ1) is 27.8. The van der Waals surface area contributed by atoms with Crippen LogP contribution in [0.3, 0.4) is 0 Å². The summed E-state index contributed by atoms with van der Waals surface area (Å²) >= 11 is 0. The van der Waals surface area contributed by atoms with Gasteiger partial charge in [-0.2, -0.15) is 0 Å². The minimum Gasteiger partial charge on any atom is -0.459 e. The number of hydrogen-bond donors (Lipinski definition) is 0. The minimum absolute atomic E-state index is 0.258. The van der Waals surface area contributed by atoms with Crippen molar-refractivity contribution in [1.82, 2.24) is 0 Å². The number of unbranched alkanes of at least 4 members (excludes halogenated alkanes) is 1. The molecule has 1 heterocycles. The number of rotatable bonds is 12. The van der Waals surface area contributed by atoms with Gasteiger partial charge in [-0.3, -0.25) is 0 Å². The van der Waals surface area contributed by atoms with E-state index in [-0.39, 0.29) is 13.2 Å². The van der Waals surface area contributed by atoms with E-state index in [1.165, 1.54) is 0 Å². The fourth-order valence-electron chi connectivity index (χ4n) is 4.00. The smallest absolute Gasteiger partial charge is 0.338 e. The van der Waals surface area contributed by atoms with E-state index in [4.69, 9.17) is 23.7 Å². The molecule has 0 aliphatic carbocycles. The Morgan fingerprint density at radius 1 is 0.718 bits per heavy atom. The highest BCUT2D eigenvalue weighted by Gasteiger charge is 2.51. The molecular formula is C31H30O8. The summed E-state index contributed by atoms with van der Waals surface area (Å²) in [5, 5.41) is 0. The largest absolute Gasteiger partial charge is 0.459 e. The Balaban J connectivity index is 1.57. The molecule has 1 aliphatic rings. The summed E-state index contributed by atoms with van der Waals surface area (Å²) in [6.45, 7) is 3.73. The lowest BCUT2D eigenvalue weighted by Gasteiger charge is -2.24. The third kappa shape index (κ3) is 7.63. The van der Waals surface area contributed by atoms with Crippen molar-refractivity contribution < 1.29 is 38.1 Å². The molecule has 4 atom stereocenters. The highest BCUT2D eigenvalue weighted by molar-refractivity contribution is 5.91. The topological polar surface area (TPSA) is 97.4 Å². The normalized spacial score (nSPS) is 20.1. The maximum Gasteiger partial charge on any atom is 0.338 e. The van der Waals surface area contributed by atoms with Crippen LogP contribution in [0.25, 0.3) is 0 Å². The summed E-state index contributed by atoms with van der Waals surface area (Å²) < 4.78 is 29.1. The molecular weight excluding hydrogens is 501 g/mol. The summed E-state index contributed by atoms with van der Waals surface area (Å²) in [6.07, 6.45) is -1.11. The Kier molecular flexibility index (Phi) is 9.99. The molecule has 3 aromatic carbocycles. The molecule has 0 saturated carbocycles. The lowest BCUT2D eigenvalue weighted by atomic mass is 10.1. The van der Waals surface area contributed by atoms with Gasteiger partial charge in [0, 0.05) is 0 Å². The van der Waals surface area contributed by atoms with Crippen LogP contribution in [-0.4, -0.2) is 55.7 Å². The van der Waals surface area contributed by atoms with E-state index < -0.39 is 42.5 Å². The fraction of sp³-hybridized carbons (Fsp3) is 0.258. The van der Waals surface area contributed by atoms with Crippen LogP contribution in [0.2, 0.25) is 0 Å². The Hall–Kier alpha value is -4.27. The van der Waals surface area contributed by atoms with Gasteiger partial charge in [0.2, 0.25) is 0 Å². The number of allylic oxidation sites excluding steroid dienone is 1. The van der Waals surface area contributed by atoms with Crippen LogP contribution in [0, 0.1) is 0 Å². The maximum absolute atomic E-state index is 13.0. The van der Waals surface area contributed by atoms with Crippen LogP contribution in [0.5, 0.6) is 0 Å². The van der Waals surface area contributed by atoms with Crippen molar-refractivity contribution >= 4 is 17.9 Å². The summed E-state index contributed by atoms with van der Waals surface area (Å²) in [7, 11) is 0. The number of esters is 3. The van der Waals surface area contributed by atoms with Crippen molar-refractivity contribution in [3.8, 4) is 0 Å². The number of carbonyl (C=O) groups is 3. The molecule has 1 fully saturated rings. The molecule has 4 rings (SSSR count). The molecule has 0 spiro atoms. The Morgan fingerprint density at radius 2 is 1.21 bits per heavy atom. The third-order valence-corrected chi connectivity index (χ3v) is 6.00. The summed E-state index contributed by atoms with van der Waals surface area (Å²) in [5.41, 5.74) is 0.980. The second-order valence-electron chi connectivity index (χ2n) is 8.78. The van der Waals surface area contributed by atoms with Gasteiger partial charge in [-0.25, -0.2) is 14.4 Å². The van der Waals surface area contributed by atoms with Crippen molar-refractivity contribution in [3.05, 3.63) is 120 Å². The quantitative estimate of drug-likeness (QED) is 0.106. The van der Waals surface area contributed by atoms with E-state index in [0.29, 0.717) is 29.5 Å². The Morgan fingerprint density at radius 3 is 1.72 bits per heavy atom. The van der Waals surface area contributed by atoms with Gasteiger partial charge < -0.3 is 23.7 Å². The molecule has 39 heavy (non-hydrogen) atoms. The van der Waals surface area contributed by atoms with E-state index in [1.54, 1.807) is 97.1 Å². The monoisotopic (exact) mass is 531 g/mol. The van der Waals surface area contributed by atoms with Crippen molar-refractivity contribution in [2.45, 2.75) is 37.4 Å². The summed E-state index contributed by atoms with van der Waals surface area (Å²) in [4.78, 5) is 38.7. The van der Waals surface area contributed by atoms with Crippen LogP contribution < -0.4 is 0 Å². The molecule has 1 saturated heterocycles. The first-order valence-corrected chi connectivity index (χ1v) is 12.7. The lowest BCUT2D eigenvalue weighted by molar-refractivity contribution is -0.170. The van der Waals surface area contributed by atoms with Crippen molar-refractivity contribution in [3.63, 3.8) is 0 Å². The molecule has 8 heteroatoms. The standard InChI is InChI=1S/C31H30O8/c1-2-3-13-20-35-31-27(39-30(34)24-18-11-6-12-19-24)26(38-29(33)23-16-9-5-10-17-23)25(37-31)21-36-28(32)22-14-7-4-8-15-22/h2,4-12,14-19,25-27,31H,1,3,13,20-21H2/t25-,26-,27-,31+/m1/s1/i21+1. The molecule has 0 aromatic heterocycles. The van der Waals surface area contributed by atoms with Gasteiger partial charge in [-0.05, 0) is 49.2 Å². The van der Waals surface area contributed by atoms with Gasteiger partial charge >= 0.3 is 17.9 Å². The predicted octanol–water partition coefficient (Wildman–Crippen LogP) is 5.00. The van der Waals surface area contributed by atoms with Gasteiger partial charge in [0.05, 0.1) is 23.3 Å². The average Bonchev–Trinajstić information content (AvgIpc) is 3.30. The predicted molar refractivity (Wildman–Crippen MR) is 142 cm³/mol. The van der Waals surface area contributed by atoms with Crippen LogP contribution in [0.4, 0.5) is 0 Å². The first-order chi connectivity index (χ1) is 19.1. The first-order valence-electron chi connectivity index (χ1n) is 12.7. The molecule has 8 nitrogen and oxygen atoms in total. The number of hydrogen-bond acceptors (Lipinski definition) is 8. The van der Waals surface area contributed by atoms with Gasteiger partial charge in [0.15, 0.2) is 18.5 Å². The summed E-state index contributed by atoms with van der Waals surface area (Å²) in [6, 6.07) is 25.3. The van der Waals surface area contributed by atoms with Crippen LogP contribution in [0.1, 0.15) is 43.9 Å². The number of benzene rings is 3. The molecule has 0 amide bonds. The maximum atomic E-state index is 13.0. The fourth-order valence-corrected chi connectivity index (χ4v) is 4.00. The number of carbonyl (C=O) groups excluding carboxylic acids is 3. The molecule has 0 unspecified atom stereocenters. The average molecular weight is 532 g/mol. The van der Waals surface area contributed by atoms with Crippen LogP contribution in [-0.2, 0) is 23.7 Å². The van der Waals surface area contributed by atoms with Gasteiger partial charge in [0.1, 0.15) is 12.7 Å². The Bertz CT molecular complexity index is 1230. The van der Waals surface area contributed by atoms with Gasteiger partial charge in [-0.15, -0.1) is 6.58 Å². The molecule has 0 radical (unpaired) electrons. The molecule has 3 aromatic rings. The third-order valence-electron chi connectivity index (χ3n) is 6.00. The highest BCUT2D eigenvalue weighted by atomic mass is 16.7. The highest BCUT2D eigenvalue weighted by Crippen LogP contribution is 2.30. The second-order valence-corrected chi connectivity index (χ2v) is 8.78. The molecule has 202 valence electrons.